The first kappa shape index (κ1) is 25.5. The second kappa shape index (κ2) is 11.7. The Hall–Kier alpha value is -1.80. The van der Waals surface area contributed by atoms with Gasteiger partial charge in [0.25, 0.3) is 0 Å². The van der Waals surface area contributed by atoms with E-state index in [0.717, 1.165) is 31.0 Å². The molecule has 0 amide bonds. The molecule has 10 nitrogen and oxygen atoms in total. The van der Waals surface area contributed by atoms with E-state index in [4.69, 9.17) is 0 Å². The molecule has 0 fully saturated rings. The van der Waals surface area contributed by atoms with Gasteiger partial charge in [-0.15, -0.1) is 24.0 Å². The molecule has 0 bridgehead atoms. The smallest absolute Gasteiger partial charge is 0.242 e. The third-order valence-corrected chi connectivity index (χ3v) is 6.14. The molecule has 1 atom stereocenters. The summed E-state index contributed by atoms with van der Waals surface area (Å²) in [5.41, 5.74) is 0. The Balaban J connectivity index is 0.00000341. The highest BCUT2D eigenvalue weighted by molar-refractivity contribution is 14.0. The standard InChI is InChI=1S/C19H30N8O2S.HI/c1-4-21-19(22-10-11-23-30(28,29)16-6-5-9-20-12-16)24-15-7-8-17-25-18(14(2)3)26-27(17)13-15;/h5-6,9,12,14-15,23H,4,7-8,10-11,13H2,1-3H3,(H2,21,22,24);1H. The third kappa shape index (κ3) is 7.10. The van der Waals surface area contributed by atoms with Gasteiger partial charge in [0.05, 0.1) is 13.1 Å². The van der Waals surface area contributed by atoms with Crippen LogP contribution < -0.4 is 15.4 Å². The number of aliphatic imine (C=N–C) groups is 1. The maximum atomic E-state index is 12.2. The number of guanidine groups is 1. The first-order valence-corrected chi connectivity index (χ1v) is 11.8. The fourth-order valence-corrected chi connectivity index (χ4v) is 4.13. The Morgan fingerprint density at radius 1 is 1.39 bits per heavy atom. The molecule has 0 saturated carbocycles. The van der Waals surface area contributed by atoms with Crippen molar-refractivity contribution in [3.8, 4) is 0 Å². The largest absolute Gasteiger partial charge is 0.357 e. The molecule has 2 aromatic heterocycles. The summed E-state index contributed by atoms with van der Waals surface area (Å²) in [6.07, 6.45) is 4.66. The van der Waals surface area contributed by atoms with Crippen LogP contribution in [0.5, 0.6) is 0 Å². The number of fused-ring (bicyclic) bond motifs is 1. The minimum absolute atomic E-state index is 0. The highest BCUT2D eigenvalue weighted by Crippen LogP contribution is 2.16. The average Bonchev–Trinajstić information content (AvgIpc) is 3.16. The summed E-state index contributed by atoms with van der Waals surface area (Å²) in [7, 11) is -3.58. The molecule has 3 rings (SSSR count). The van der Waals surface area contributed by atoms with Gasteiger partial charge in [0, 0.05) is 43.9 Å². The highest BCUT2D eigenvalue weighted by atomic mass is 127. The van der Waals surface area contributed by atoms with Crippen LogP contribution in [0.15, 0.2) is 34.4 Å². The number of hydrogen-bond donors (Lipinski definition) is 3. The van der Waals surface area contributed by atoms with Gasteiger partial charge in [-0.05, 0) is 25.5 Å². The summed E-state index contributed by atoms with van der Waals surface area (Å²) in [4.78, 5) is 13.1. The lowest BCUT2D eigenvalue weighted by Gasteiger charge is -2.25. The van der Waals surface area contributed by atoms with Crippen LogP contribution in [-0.2, 0) is 23.0 Å². The minimum atomic E-state index is -3.58. The van der Waals surface area contributed by atoms with Crippen LogP contribution in [0.4, 0.5) is 0 Å². The van der Waals surface area contributed by atoms with Gasteiger partial charge in [-0.2, -0.15) is 5.10 Å². The summed E-state index contributed by atoms with van der Waals surface area (Å²) in [6.45, 7) is 8.13. The van der Waals surface area contributed by atoms with Gasteiger partial charge in [-0.25, -0.2) is 22.8 Å². The maximum Gasteiger partial charge on any atom is 0.242 e. The van der Waals surface area contributed by atoms with Crippen molar-refractivity contribution in [2.24, 2.45) is 4.99 Å². The van der Waals surface area contributed by atoms with Crippen LogP contribution in [-0.4, -0.2) is 59.8 Å². The van der Waals surface area contributed by atoms with Gasteiger partial charge in [-0.1, -0.05) is 13.8 Å². The number of nitrogens with one attached hydrogen (secondary N) is 3. The number of hydrogen-bond acceptors (Lipinski definition) is 6. The molecule has 1 aliphatic rings. The number of rotatable bonds is 8. The van der Waals surface area contributed by atoms with Crippen LogP contribution in [0.3, 0.4) is 0 Å². The number of pyridine rings is 1. The summed E-state index contributed by atoms with van der Waals surface area (Å²) in [5.74, 6) is 2.88. The maximum absolute atomic E-state index is 12.2. The number of nitrogens with zero attached hydrogens (tertiary/aromatic N) is 5. The van der Waals surface area contributed by atoms with Crippen LogP contribution in [0.1, 0.15) is 44.8 Å². The Labute approximate surface area is 200 Å². The second-order valence-electron chi connectivity index (χ2n) is 7.45. The van der Waals surface area contributed by atoms with Gasteiger partial charge < -0.3 is 10.6 Å². The van der Waals surface area contributed by atoms with Gasteiger partial charge in [0.1, 0.15) is 10.7 Å². The van der Waals surface area contributed by atoms with E-state index in [1.165, 1.54) is 18.5 Å². The number of aromatic nitrogens is 4. The molecule has 3 heterocycles. The monoisotopic (exact) mass is 562 g/mol. The van der Waals surface area contributed by atoms with Crippen LogP contribution >= 0.6 is 24.0 Å². The van der Waals surface area contributed by atoms with Crippen molar-refractivity contribution in [1.29, 1.82) is 0 Å². The van der Waals surface area contributed by atoms with E-state index in [-0.39, 0.29) is 41.5 Å². The van der Waals surface area contributed by atoms with Crippen molar-refractivity contribution < 1.29 is 8.42 Å². The minimum Gasteiger partial charge on any atom is -0.357 e. The van der Waals surface area contributed by atoms with Crippen LogP contribution in [0, 0.1) is 0 Å². The molecule has 172 valence electrons. The zero-order chi connectivity index (χ0) is 21.6. The van der Waals surface area contributed by atoms with E-state index in [2.05, 4.69) is 49.3 Å². The summed E-state index contributed by atoms with van der Waals surface area (Å²) >= 11 is 0. The van der Waals surface area contributed by atoms with Crippen molar-refractivity contribution in [2.45, 2.75) is 57.0 Å². The number of aryl methyl sites for hydroxylation is 1. The van der Waals surface area contributed by atoms with E-state index < -0.39 is 10.0 Å². The third-order valence-electron chi connectivity index (χ3n) is 4.69. The zero-order valence-corrected chi connectivity index (χ0v) is 21.2. The van der Waals surface area contributed by atoms with E-state index in [9.17, 15) is 8.42 Å². The normalized spacial score (nSPS) is 16.5. The average molecular weight is 562 g/mol. The number of sulfonamides is 1. The molecule has 0 aromatic carbocycles. The summed E-state index contributed by atoms with van der Waals surface area (Å²) in [6, 6.07) is 3.29. The predicted octanol–water partition coefficient (Wildman–Crippen LogP) is 1.26. The van der Waals surface area contributed by atoms with Gasteiger partial charge >= 0.3 is 0 Å². The molecule has 31 heavy (non-hydrogen) atoms. The fourth-order valence-electron chi connectivity index (χ4n) is 3.14. The Morgan fingerprint density at radius 2 is 2.19 bits per heavy atom. The first-order valence-electron chi connectivity index (χ1n) is 10.3. The molecule has 0 radical (unpaired) electrons. The van der Waals surface area contributed by atoms with E-state index in [1.54, 1.807) is 6.07 Å². The lowest BCUT2D eigenvalue weighted by atomic mass is 10.1. The molecule has 3 N–H and O–H groups in total. The van der Waals surface area contributed by atoms with Gasteiger partial charge in [0.2, 0.25) is 10.0 Å². The summed E-state index contributed by atoms with van der Waals surface area (Å²) in [5, 5.41) is 11.3. The molecule has 12 heteroatoms. The fraction of sp³-hybridized carbons (Fsp3) is 0.579. The van der Waals surface area contributed by atoms with Crippen molar-refractivity contribution in [3.05, 3.63) is 36.2 Å². The Bertz CT molecular complexity index is 963. The lowest BCUT2D eigenvalue weighted by molar-refractivity contribution is 0.391. The van der Waals surface area contributed by atoms with Gasteiger partial charge in [-0.3, -0.25) is 9.98 Å². The van der Waals surface area contributed by atoms with Crippen LogP contribution in [0.25, 0.3) is 0 Å². The van der Waals surface area contributed by atoms with Crippen molar-refractivity contribution in [1.82, 2.24) is 35.1 Å². The van der Waals surface area contributed by atoms with Gasteiger partial charge in [0.15, 0.2) is 11.8 Å². The second-order valence-corrected chi connectivity index (χ2v) is 9.22. The molecular weight excluding hydrogens is 531 g/mol. The Kier molecular flexibility index (Phi) is 9.62. The Morgan fingerprint density at radius 3 is 2.87 bits per heavy atom. The van der Waals surface area contributed by atoms with Crippen molar-refractivity contribution in [2.75, 3.05) is 19.6 Å². The van der Waals surface area contributed by atoms with E-state index in [1.807, 2.05) is 11.6 Å². The highest BCUT2D eigenvalue weighted by Gasteiger charge is 2.23. The van der Waals surface area contributed by atoms with Crippen molar-refractivity contribution >= 4 is 40.0 Å². The molecule has 0 saturated heterocycles. The molecule has 2 aromatic rings. The number of halogens is 1. The molecular formula is C19H31IN8O2S. The topological polar surface area (TPSA) is 126 Å². The zero-order valence-electron chi connectivity index (χ0n) is 18.1. The van der Waals surface area contributed by atoms with E-state index >= 15 is 0 Å². The van der Waals surface area contributed by atoms with E-state index in [0.29, 0.717) is 25.0 Å². The molecule has 1 aliphatic heterocycles. The SMILES string of the molecule is CCNC(=NCCNS(=O)(=O)c1cccnc1)NC1CCc2nc(C(C)C)nn2C1.I. The van der Waals surface area contributed by atoms with Crippen molar-refractivity contribution in [3.63, 3.8) is 0 Å². The molecule has 0 aliphatic carbocycles. The first-order chi connectivity index (χ1) is 14.4. The molecule has 1 unspecified atom stereocenters. The lowest BCUT2D eigenvalue weighted by Crippen LogP contribution is -2.47. The predicted molar refractivity (Wildman–Crippen MR) is 130 cm³/mol. The molecule has 0 spiro atoms. The summed E-state index contributed by atoms with van der Waals surface area (Å²) < 4.78 is 29.0. The quantitative estimate of drug-likeness (QED) is 0.192. The van der Waals surface area contributed by atoms with Crippen LogP contribution in [0.2, 0.25) is 0 Å².